The predicted molar refractivity (Wildman–Crippen MR) is 64.7 cm³/mol. The highest BCUT2D eigenvalue weighted by Gasteiger charge is 2.43. The van der Waals surface area contributed by atoms with Gasteiger partial charge in [0.1, 0.15) is 5.76 Å². The molecule has 2 aliphatic rings. The highest BCUT2D eigenvalue weighted by molar-refractivity contribution is 5.91. The fourth-order valence-corrected chi connectivity index (χ4v) is 3.16. The van der Waals surface area contributed by atoms with Crippen LogP contribution in [0.5, 0.6) is 0 Å². The average Bonchev–Trinajstić information content (AvgIpc) is 3.06. The number of likely N-dealkylation sites (tertiary alicyclic amines) is 1. The van der Waals surface area contributed by atoms with Crippen LogP contribution in [-0.2, 0) is 6.54 Å². The SMILES string of the molecule is NCc1ccc(C(=O)N2CC3CCC(O)C3C2)o1. The van der Waals surface area contributed by atoms with Gasteiger partial charge in [0.05, 0.1) is 12.6 Å². The number of hydrogen-bond donors (Lipinski definition) is 2. The summed E-state index contributed by atoms with van der Waals surface area (Å²) >= 11 is 0. The number of aliphatic hydroxyl groups is 1. The Bertz CT molecular complexity index is 457. The van der Waals surface area contributed by atoms with Crippen molar-refractivity contribution in [1.29, 1.82) is 0 Å². The molecule has 0 bridgehead atoms. The molecular formula is C13H18N2O3. The molecule has 1 saturated carbocycles. The van der Waals surface area contributed by atoms with Crippen molar-refractivity contribution in [1.82, 2.24) is 4.90 Å². The zero-order chi connectivity index (χ0) is 12.7. The van der Waals surface area contributed by atoms with Crippen LogP contribution in [0.4, 0.5) is 0 Å². The van der Waals surface area contributed by atoms with Crippen molar-refractivity contribution < 1.29 is 14.3 Å². The highest BCUT2D eigenvalue weighted by Crippen LogP contribution is 2.38. The Kier molecular flexibility index (Phi) is 2.87. The monoisotopic (exact) mass is 250 g/mol. The van der Waals surface area contributed by atoms with E-state index in [9.17, 15) is 9.90 Å². The Morgan fingerprint density at radius 2 is 2.28 bits per heavy atom. The summed E-state index contributed by atoms with van der Waals surface area (Å²) < 4.78 is 5.38. The van der Waals surface area contributed by atoms with Crippen molar-refractivity contribution in [3.63, 3.8) is 0 Å². The molecule has 2 fully saturated rings. The minimum atomic E-state index is -0.246. The number of rotatable bonds is 2. The molecule has 1 aromatic rings. The second-order valence-electron chi connectivity index (χ2n) is 5.25. The molecule has 5 heteroatoms. The summed E-state index contributed by atoms with van der Waals surface area (Å²) in [5, 5.41) is 9.83. The van der Waals surface area contributed by atoms with Gasteiger partial charge in [0.25, 0.3) is 5.91 Å². The molecule has 1 saturated heterocycles. The van der Waals surface area contributed by atoms with E-state index in [1.807, 2.05) is 0 Å². The molecule has 2 heterocycles. The summed E-state index contributed by atoms with van der Waals surface area (Å²) in [6, 6.07) is 3.41. The maximum Gasteiger partial charge on any atom is 0.289 e. The second kappa shape index (κ2) is 4.40. The van der Waals surface area contributed by atoms with Crippen LogP contribution in [0.1, 0.15) is 29.2 Å². The zero-order valence-electron chi connectivity index (χ0n) is 10.2. The van der Waals surface area contributed by atoms with E-state index in [2.05, 4.69) is 0 Å². The third-order valence-electron chi connectivity index (χ3n) is 4.18. The molecule has 1 amide bonds. The maximum absolute atomic E-state index is 12.2. The average molecular weight is 250 g/mol. The summed E-state index contributed by atoms with van der Waals surface area (Å²) in [6.07, 6.45) is 1.64. The molecular weight excluding hydrogens is 232 g/mol. The number of nitrogens with two attached hydrogens (primary N) is 1. The molecule has 18 heavy (non-hydrogen) atoms. The van der Waals surface area contributed by atoms with Gasteiger partial charge in [0.15, 0.2) is 5.76 Å². The molecule has 5 nitrogen and oxygen atoms in total. The third kappa shape index (κ3) is 1.83. The highest BCUT2D eigenvalue weighted by atomic mass is 16.4. The van der Waals surface area contributed by atoms with Gasteiger partial charge >= 0.3 is 0 Å². The van der Waals surface area contributed by atoms with E-state index >= 15 is 0 Å². The number of furan rings is 1. The van der Waals surface area contributed by atoms with E-state index in [4.69, 9.17) is 10.2 Å². The molecule has 0 aromatic carbocycles. The van der Waals surface area contributed by atoms with Gasteiger partial charge in [-0.2, -0.15) is 0 Å². The van der Waals surface area contributed by atoms with Crippen molar-refractivity contribution in [2.75, 3.05) is 13.1 Å². The van der Waals surface area contributed by atoms with Crippen LogP contribution in [0, 0.1) is 11.8 Å². The summed E-state index contributed by atoms with van der Waals surface area (Å²) in [7, 11) is 0. The Hall–Kier alpha value is -1.33. The van der Waals surface area contributed by atoms with Crippen LogP contribution >= 0.6 is 0 Å². The van der Waals surface area contributed by atoms with E-state index in [1.165, 1.54) is 0 Å². The number of carbonyl (C=O) groups is 1. The Morgan fingerprint density at radius 3 is 2.94 bits per heavy atom. The Balaban J connectivity index is 1.71. The third-order valence-corrected chi connectivity index (χ3v) is 4.18. The van der Waals surface area contributed by atoms with E-state index < -0.39 is 0 Å². The number of amides is 1. The first-order chi connectivity index (χ1) is 8.69. The summed E-state index contributed by atoms with van der Waals surface area (Å²) in [4.78, 5) is 14.0. The largest absolute Gasteiger partial charge is 0.455 e. The van der Waals surface area contributed by atoms with E-state index in [-0.39, 0.29) is 17.9 Å². The van der Waals surface area contributed by atoms with Crippen molar-refractivity contribution in [2.45, 2.75) is 25.5 Å². The summed E-state index contributed by atoms with van der Waals surface area (Å²) in [6.45, 7) is 1.68. The molecule has 3 N–H and O–H groups in total. The normalized spacial score (nSPS) is 30.8. The van der Waals surface area contributed by atoms with Crippen LogP contribution in [0.3, 0.4) is 0 Å². The van der Waals surface area contributed by atoms with Crippen molar-refractivity contribution >= 4 is 5.91 Å². The van der Waals surface area contributed by atoms with Crippen molar-refractivity contribution in [2.24, 2.45) is 17.6 Å². The molecule has 1 aliphatic heterocycles. The van der Waals surface area contributed by atoms with Gasteiger partial charge in [-0.15, -0.1) is 0 Å². The lowest BCUT2D eigenvalue weighted by Crippen LogP contribution is -2.30. The number of carbonyl (C=O) groups excluding carboxylic acids is 1. The minimum absolute atomic E-state index is 0.0868. The van der Waals surface area contributed by atoms with Crippen LogP contribution in [0.25, 0.3) is 0 Å². The van der Waals surface area contributed by atoms with Gasteiger partial charge in [-0.25, -0.2) is 0 Å². The molecule has 3 atom stereocenters. The first-order valence-corrected chi connectivity index (χ1v) is 6.45. The van der Waals surface area contributed by atoms with Crippen LogP contribution in [0.2, 0.25) is 0 Å². The summed E-state index contributed by atoms with van der Waals surface area (Å²) in [5.41, 5.74) is 5.46. The number of fused-ring (bicyclic) bond motifs is 1. The molecule has 1 aliphatic carbocycles. The van der Waals surface area contributed by atoms with Gasteiger partial charge in [-0.1, -0.05) is 0 Å². The first kappa shape index (κ1) is 11.7. The zero-order valence-corrected chi connectivity index (χ0v) is 10.2. The number of hydrogen-bond acceptors (Lipinski definition) is 4. The molecule has 3 unspecified atom stereocenters. The quantitative estimate of drug-likeness (QED) is 0.804. The van der Waals surface area contributed by atoms with Gasteiger partial charge in [0.2, 0.25) is 0 Å². The van der Waals surface area contributed by atoms with E-state index in [0.717, 1.165) is 19.4 Å². The fourth-order valence-electron chi connectivity index (χ4n) is 3.16. The summed E-state index contributed by atoms with van der Waals surface area (Å²) in [5.74, 6) is 1.59. The smallest absolute Gasteiger partial charge is 0.289 e. The number of nitrogens with zero attached hydrogens (tertiary/aromatic N) is 1. The van der Waals surface area contributed by atoms with Crippen LogP contribution in [0.15, 0.2) is 16.5 Å². The van der Waals surface area contributed by atoms with Gasteiger partial charge in [0, 0.05) is 19.0 Å². The lowest BCUT2D eigenvalue weighted by Gasteiger charge is -2.17. The molecule has 3 rings (SSSR count). The first-order valence-electron chi connectivity index (χ1n) is 6.45. The lowest BCUT2D eigenvalue weighted by molar-refractivity contribution is 0.0720. The lowest BCUT2D eigenvalue weighted by atomic mass is 10.00. The fraction of sp³-hybridized carbons (Fsp3) is 0.615. The molecule has 0 radical (unpaired) electrons. The van der Waals surface area contributed by atoms with Crippen molar-refractivity contribution in [3.8, 4) is 0 Å². The van der Waals surface area contributed by atoms with Gasteiger partial charge in [-0.05, 0) is 30.9 Å². The molecule has 98 valence electrons. The predicted octanol–water partition coefficient (Wildman–Crippen LogP) is 0.581. The van der Waals surface area contributed by atoms with E-state index in [1.54, 1.807) is 17.0 Å². The second-order valence-corrected chi connectivity index (χ2v) is 5.25. The van der Waals surface area contributed by atoms with E-state index in [0.29, 0.717) is 30.5 Å². The Labute approximate surface area is 106 Å². The minimum Gasteiger partial charge on any atom is -0.455 e. The molecule has 1 aromatic heterocycles. The Morgan fingerprint density at radius 1 is 1.44 bits per heavy atom. The molecule has 0 spiro atoms. The van der Waals surface area contributed by atoms with Crippen LogP contribution < -0.4 is 5.73 Å². The standard InChI is InChI=1S/C13H18N2O3/c14-5-9-2-4-12(18-9)13(17)15-6-8-1-3-11(16)10(8)7-15/h2,4,8,10-11,16H,1,3,5-7,14H2. The topological polar surface area (TPSA) is 79.7 Å². The van der Waals surface area contributed by atoms with Gasteiger partial charge < -0.3 is 20.2 Å². The van der Waals surface area contributed by atoms with Gasteiger partial charge in [-0.3, -0.25) is 4.79 Å². The van der Waals surface area contributed by atoms with Crippen molar-refractivity contribution in [3.05, 3.63) is 23.7 Å². The van der Waals surface area contributed by atoms with Crippen LogP contribution in [-0.4, -0.2) is 35.1 Å². The number of aliphatic hydroxyl groups excluding tert-OH is 1. The maximum atomic E-state index is 12.2.